The third-order valence-electron chi connectivity index (χ3n) is 1.92. The molecule has 3 N–H and O–H groups in total. The zero-order valence-corrected chi connectivity index (χ0v) is 7.76. The number of rotatable bonds is 5. The van der Waals surface area contributed by atoms with Crippen LogP contribution in [0.15, 0.2) is 0 Å². The van der Waals surface area contributed by atoms with Gasteiger partial charge in [0.15, 0.2) is 0 Å². The highest BCUT2D eigenvalue weighted by molar-refractivity contribution is 7.87. The minimum atomic E-state index is -3.38. The summed E-state index contributed by atoms with van der Waals surface area (Å²) in [6.07, 6.45) is 1.47. The van der Waals surface area contributed by atoms with Crippen LogP contribution in [-0.2, 0) is 10.2 Å². The maximum atomic E-state index is 10.8. The Morgan fingerprint density at radius 2 is 2.17 bits per heavy atom. The first-order chi connectivity index (χ1) is 5.55. The van der Waals surface area contributed by atoms with E-state index in [4.69, 9.17) is 0 Å². The van der Waals surface area contributed by atoms with Crippen LogP contribution in [0.25, 0.3) is 0 Å². The fourth-order valence-electron chi connectivity index (χ4n) is 0.915. The first-order valence-corrected chi connectivity index (χ1v) is 5.39. The number of aliphatic hydroxyl groups is 1. The van der Waals surface area contributed by atoms with Gasteiger partial charge >= 0.3 is 0 Å². The smallest absolute Gasteiger partial charge is 0.276 e. The fourth-order valence-corrected chi connectivity index (χ4v) is 1.45. The molecule has 0 aromatic rings. The highest BCUT2D eigenvalue weighted by atomic mass is 32.2. The zero-order chi connectivity index (χ0) is 9.19. The number of hydrogen-bond acceptors (Lipinski definition) is 3. The van der Waals surface area contributed by atoms with E-state index < -0.39 is 16.3 Å². The maximum Gasteiger partial charge on any atom is 0.276 e. The second-order valence-electron chi connectivity index (χ2n) is 2.96. The van der Waals surface area contributed by atoms with E-state index in [9.17, 15) is 13.5 Å². The molecule has 0 heterocycles. The number of aliphatic hydroxyl groups excluding tert-OH is 1. The van der Waals surface area contributed by atoms with Gasteiger partial charge < -0.3 is 5.11 Å². The minimum absolute atomic E-state index is 0.105. The van der Waals surface area contributed by atoms with Crippen molar-refractivity contribution in [3.63, 3.8) is 0 Å². The summed E-state index contributed by atoms with van der Waals surface area (Å²) >= 11 is 0. The monoisotopic (exact) mass is 194 g/mol. The molecule has 0 spiro atoms. The molecule has 1 atom stereocenters. The average Bonchev–Trinajstić information content (AvgIpc) is 2.83. The molecule has 1 aliphatic carbocycles. The lowest BCUT2D eigenvalue weighted by atomic mass is 10.2. The van der Waals surface area contributed by atoms with Crippen LogP contribution in [0.4, 0.5) is 0 Å². The zero-order valence-electron chi connectivity index (χ0n) is 6.95. The van der Waals surface area contributed by atoms with Gasteiger partial charge in [0, 0.05) is 13.6 Å². The van der Waals surface area contributed by atoms with E-state index in [-0.39, 0.29) is 6.54 Å². The summed E-state index contributed by atoms with van der Waals surface area (Å²) in [7, 11) is -2.06. The van der Waals surface area contributed by atoms with E-state index in [1.165, 1.54) is 7.05 Å². The van der Waals surface area contributed by atoms with Crippen molar-refractivity contribution >= 4 is 10.2 Å². The number of nitrogens with one attached hydrogen (secondary N) is 2. The van der Waals surface area contributed by atoms with E-state index in [0.29, 0.717) is 5.92 Å². The third kappa shape index (κ3) is 3.06. The van der Waals surface area contributed by atoms with E-state index >= 15 is 0 Å². The molecule has 1 unspecified atom stereocenters. The van der Waals surface area contributed by atoms with Gasteiger partial charge in [-0.2, -0.15) is 13.1 Å². The fraction of sp³-hybridized carbons (Fsp3) is 1.00. The Balaban J connectivity index is 2.24. The van der Waals surface area contributed by atoms with Crippen molar-refractivity contribution in [2.45, 2.75) is 18.9 Å². The van der Waals surface area contributed by atoms with Crippen molar-refractivity contribution in [2.75, 3.05) is 13.6 Å². The Hall–Kier alpha value is -0.170. The highest BCUT2D eigenvalue weighted by Gasteiger charge is 2.30. The van der Waals surface area contributed by atoms with Crippen molar-refractivity contribution in [1.82, 2.24) is 9.44 Å². The quantitative estimate of drug-likeness (QED) is 0.515. The van der Waals surface area contributed by atoms with Crippen LogP contribution in [-0.4, -0.2) is 33.2 Å². The van der Waals surface area contributed by atoms with Crippen LogP contribution in [0.3, 0.4) is 0 Å². The van der Waals surface area contributed by atoms with Crippen LogP contribution >= 0.6 is 0 Å². The third-order valence-corrected chi connectivity index (χ3v) is 3.00. The molecule has 72 valence electrons. The van der Waals surface area contributed by atoms with Gasteiger partial charge in [-0.15, -0.1) is 0 Å². The van der Waals surface area contributed by atoms with E-state index in [1.807, 2.05) is 0 Å². The Bertz CT molecular complexity index is 235. The second kappa shape index (κ2) is 3.69. The molecule has 1 aliphatic rings. The molecule has 0 radical (unpaired) electrons. The Kier molecular flexibility index (Phi) is 3.05. The first kappa shape index (κ1) is 9.91. The molecule has 1 saturated carbocycles. The highest BCUT2D eigenvalue weighted by Crippen LogP contribution is 2.32. The molecule has 6 heteroatoms. The summed E-state index contributed by atoms with van der Waals surface area (Å²) in [5.74, 6) is 0.296. The minimum Gasteiger partial charge on any atom is -0.391 e. The van der Waals surface area contributed by atoms with Gasteiger partial charge in [-0.3, -0.25) is 0 Å². The molecule has 1 fully saturated rings. The van der Waals surface area contributed by atoms with Crippen molar-refractivity contribution in [1.29, 1.82) is 0 Å². The summed E-state index contributed by atoms with van der Waals surface area (Å²) in [6, 6.07) is 0. The summed E-state index contributed by atoms with van der Waals surface area (Å²) in [4.78, 5) is 0. The molecule has 0 amide bonds. The standard InChI is InChI=1S/C6H14N2O3S/c1-7-12(10,11)8-4-6(9)5-2-3-5/h5-9H,2-4H2,1H3. The van der Waals surface area contributed by atoms with Crippen molar-refractivity contribution in [3.8, 4) is 0 Å². The van der Waals surface area contributed by atoms with Gasteiger partial charge in [-0.1, -0.05) is 0 Å². The van der Waals surface area contributed by atoms with Crippen LogP contribution in [0.5, 0.6) is 0 Å². The predicted octanol–water partition coefficient (Wildman–Crippen LogP) is -1.19. The molecule has 0 aliphatic heterocycles. The summed E-state index contributed by atoms with van der Waals surface area (Å²) < 4.78 is 26.0. The number of hydrogen-bond donors (Lipinski definition) is 3. The largest absolute Gasteiger partial charge is 0.391 e. The lowest BCUT2D eigenvalue weighted by molar-refractivity contribution is 0.155. The van der Waals surface area contributed by atoms with Gasteiger partial charge in [0.05, 0.1) is 6.10 Å². The molecule has 12 heavy (non-hydrogen) atoms. The van der Waals surface area contributed by atoms with Crippen molar-refractivity contribution < 1.29 is 13.5 Å². The van der Waals surface area contributed by atoms with Gasteiger partial charge in [-0.05, 0) is 18.8 Å². The van der Waals surface area contributed by atoms with E-state index in [2.05, 4.69) is 9.44 Å². The molecule has 0 bridgehead atoms. The molecule has 1 rings (SSSR count). The Labute approximate surface area is 72.3 Å². The van der Waals surface area contributed by atoms with Crippen molar-refractivity contribution in [2.24, 2.45) is 5.92 Å². The Morgan fingerprint density at radius 3 is 2.58 bits per heavy atom. The van der Waals surface area contributed by atoms with Crippen LogP contribution in [0.2, 0.25) is 0 Å². The summed E-state index contributed by atoms with van der Waals surface area (Å²) in [5.41, 5.74) is 0. The van der Waals surface area contributed by atoms with Gasteiger partial charge in [0.25, 0.3) is 10.2 Å². The first-order valence-electron chi connectivity index (χ1n) is 3.91. The van der Waals surface area contributed by atoms with E-state index in [1.54, 1.807) is 0 Å². The Morgan fingerprint density at radius 1 is 1.58 bits per heavy atom. The topological polar surface area (TPSA) is 78.4 Å². The van der Waals surface area contributed by atoms with Crippen LogP contribution in [0, 0.1) is 5.92 Å². The lowest BCUT2D eigenvalue weighted by Gasteiger charge is -2.09. The molecule has 0 aromatic heterocycles. The average molecular weight is 194 g/mol. The summed E-state index contributed by atoms with van der Waals surface area (Å²) in [5, 5.41) is 9.29. The van der Waals surface area contributed by atoms with Gasteiger partial charge in [0.1, 0.15) is 0 Å². The second-order valence-corrected chi connectivity index (χ2v) is 4.66. The SMILES string of the molecule is CNS(=O)(=O)NCC(O)C1CC1. The maximum absolute atomic E-state index is 10.8. The van der Waals surface area contributed by atoms with Crippen molar-refractivity contribution in [3.05, 3.63) is 0 Å². The predicted molar refractivity (Wildman–Crippen MR) is 44.7 cm³/mol. The van der Waals surface area contributed by atoms with Crippen LogP contribution < -0.4 is 9.44 Å². The normalized spacial score (nSPS) is 20.8. The van der Waals surface area contributed by atoms with Crippen LogP contribution in [0.1, 0.15) is 12.8 Å². The van der Waals surface area contributed by atoms with Gasteiger partial charge in [0.2, 0.25) is 0 Å². The van der Waals surface area contributed by atoms with Gasteiger partial charge in [-0.25, -0.2) is 4.72 Å². The lowest BCUT2D eigenvalue weighted by Crippen LogP contribution is -2.39. The molecule has 5 nitrogen and oxygen atoms in total. The van der Waals surface area contributed by atoms with E-state index in [0.717, 1.165) is 12.8 Å². The molecular weight excluding hydrogens is 180 g/mol. The summed E-state index contributed by atoms with van der Waals surface area (Å²) in [6.45, 7) is 0.105. The molecule has 0 aromatic carbocycles. The molecular formula is C6H14N2O3S. The molecule has 0 saturated heterocycles.